The number of carbonyl (C=O) groups is 1. The number of epoxide rings is 1. The van der Waals surface area contributed by atoms with E-state index < -0.39 is 11.7 Å². The van der Waals surface area contributed by atoms with E-state index >= 15 is 0 Å². The Morgan fingerprint density at radius 2 is 2.33 bits per heavy atom. The normalized spacial score (nSPS) is 44.2. The largest absolute Gasteiger partial charge is 0.455 e. The zero-order valence-corrected chi connectivity index (χ0v) is 13.0. The van der Waals surface area contributed by atoms with Crippen LogP contribution in [0.5, 0.6) is 0 Å². The van der Waals surface area contributed by atoms with Crippen molar-refractivity contribution in [2.24, 2.45) is 11.3 Å². The minimum absolute atomic E-state index is 0.0486. The van der Waals surface area contributed by atoms with Gasteiger partial charge in [-0.3, -0.25) is 4.79 Å². The van der Waals surface area contributed by atoms with E-state index in [0.29, 0.717) is 11.5 Å². The molecule has 1 saturated heterocycles. The molecular formula is C17H24O4. The van der Waals surface area contributed by atoms with Crippen LogP contribution < -0.4 is 0 Å². The predicted molar refractivity (Wildman–Crippen MR) is 78.6 cm³/mol. The molecule has 0 spiro atoms. The maximum Gasteiger partial charge on any atom is 0.303 e. The minimum Gasteiger partial charge on any atom is -0.455 e. The van der Waals surface area contributed by atoms with Crippen molar-refractivity contribution >= 4 is 5.97 Å². The van der Waals surface area contributed by atoms with Gasteiger partial charge in [0, 0.05) is 12.3 Å². The summed E-state index contributed by atoms with van der Waals surface area (Å²) in [5.74, 6) is 0.179. The van der Waals surface area contributed by atoms with Crippen molar-refractivity contribution in [1.82, 2.24) is 0 Å². The molecular weight excluding hydrogens is 268 g/mol. The summed E-state index contributed by atoms with van der Waals surface area (Å²) in [7, 11) is 0. The second kappa shape index (κ2) is 4.68. The maximum atomic E-state index is 11.4. The Labute approximate surface area is 125 Å². The van der Waals surface area contributed by atoms with Gasteiger partial charge < -0.3 is 14.6 Å². The number of hydrogen-bond acceptors (Lipinski definition) is 4. The van der Waals surface area contributed by atoms with Crippen LogP contribution >= 0.6 is 0 Å². The summed E-state index contributed by atoms with van der Waals surface area (Å²) in [4.78, 5) is 11.4. The van der Waals surface area contributed by atoms with E-state index in [0.717, 1.165) is 12.8 Å². The lowest BCUT2D eigenvalue weighted by Gasteiger charge is -2.45. The molecule has 1 aliphatic heterocycles. The topological polar surface area (TPSA) is 59.1 Å². The number of fused-ring (bicyclic) bond motifs is 3. The highest BCUT2D eigenvalue weighted by Crippen LogP contribution is 2.65. The molecule has 0 amide bonds. The molecule has 4 heteroatoms. The number of aliphatic hydroxyl groups excluding tert-OH is 1. The van der Waals surface area contributed by atoms with Crippen LogP contribution in [-0.2, 0) is 14.3 Å². The molecule has 0 aromatic carbocycles. The molecule has 4 nitrogen and oxygen atoms in total. The highest BCUT2D eigenvalue weighted by atomic mass is 16.7. The standard InChI is InChI=1S/C17H24O4/c1-10-6-5-7-13-8-14(20-12(3)19)17(11(2)9-18)15(21-17)16(10,13)4/h8,10,14-15,18H,2,5-7,9H2,1,3-4H3/t10-,14-,15+,16+,17-/m1/s1. The fourth-order valence-electron chi connectivity index (χ4n) is 4.32. The number of aliphatic hydroxyl groups is 1. The highest BCUT2D eigenvalue weighted by molar-refractivity contribution is 5.67. The van der Waals surface area contributed by atoms with E-state index in [1.807, 2.05) is 0 Å². The van der Waals surface area contributed by atoms with Gasteiger partial charge >= 0.3 is 5.97 Å². The molecule has 1 heterocycles. The van der Waals surface area contributed by atoms with Gasteiger partial charge in [0.25, 0.3) is 0 Å². The molecule has 0 aromatic heterocycles. The second-order valence-electron chi connectivity index (χ2n) is 6.85. The number of hydrogen-bond donors (Lipinski definition) is 1. The summed E-state index contributed by atoms with van der Waals surface area (Å²) in [6, 6.07) is 0. The van der Waals surface area contributed by atoms with Crippen molar-refractivity contribution in [3.63, 3.8) is 0 Å². The van der Waals surface area contributed by atoms with Crippen molar-refractivity contribution in [2.75, 3.05) is 6.61 Å². The third-order valence-corrected chi connectivity index (χ3v) is 5.80. The lowest BCUT2D eigenvalue weighted by molar-refractivity contribution is -0.146. The third-order valence-electron chi connectivity index (χ3n) is 5.80. The van der Waals surface area contributed by atoms with E-state index in [-0.39, 0.29) is 24.1 Å². The first-order valence-electron chi connectivity index (χ1n) is 7.72. The quantitative estimate of drug-likeness (QED) is 0.493. The molecule has 0 radical (unpaired) electrons. The average Bonchev–Trinajstić information content (AvgIpc) is 3.19. The first-order chi connectivity index (χ1) is 9.87. The Bertz CT molecular complexity index is 523. The molecule has 21 heavy (non-hydrogen) atoms. The summed E-state index contributed by atoms with van der Waals surface area (Å²) in [5, 5.41) is 9.54. The zero-order valence-electron chi connectivity index (χ0n) is 13.0. The van der Waals surface area contributed by atoms with Crippen LogP contribution in [0.2, 0.25) is 0 Å². The number of esters is 1. The van der Waals surface area contributed by atoms with E-state index in [2.05, 4.69) is 26.5 Å². The van der Waals surface area contributed by atoms with E-state index in [4.69, 9.17) is 9.47 Å². The Hall–Kier alpha value is -1.13. The van der Waals surface area contributed by atoms with Crippen LogP contribution in [0.15, 0.2) is 23.8 Å². The summed E-state index contributed by atoms with van der Waals surface area (Å²) < 4.78 is 11.6. The van der Waals surface area contributed by atoms with E-state index in [9.17, 15) is 9.90 Å². The Morgan fingerprint density at radius 1 is 1.62 bits per heavy atom. The SMILES string of the molecule is C=C(CO)[C@]12O[C@H]1[C@]1(C)C(=C[C@H]2OC(C)=O)CCC[C@H]1C. The van der Waals surface area contributed by atoms with Gasteiger partial charge in [-0.05, 0) is 36.8 Å². The van der Waals surface area contributed by atoms with Gasteiger partial charge in [-0.15, -0.1) is 0 Å². The van der Waals surface area contributed by atoms with Crippen molar-refractivity contribution in [3.05, 3.63) is 23.8 Å². The second-order valence-corrected chi connectivity index (χ2v) is 6.85. The van der Waals surface area contributed by atoms with Gasteiger partial charge in [0.1, 0.15) is 6.10 Å². The van der Waals surface area contributed by atoms with Gasteiger partial charge in [0.05, 0.1) is 6.61 Å². The first kappa shape index (κ1) is 14.8. The fraction of sp³-hybridized carbons (Fsp3) is 0.706. The molecule has 0 aromatic rings. The van der Waals surface area contributed by atoms with Crippen molar-refractivity contribution in [3.8, 4) is 0 Å². The lowest BCUT2D eigenvalue weighted by Crippen LogP contribution is -2.49. The molecule has 116 valence electrons. The number of rotatable bonds is 3. The molecule has 3 rings (SSSR count). The summed E-state index contributed by atoms with van der Waals surface area (Å²) in [5.41, 5.74) is 1.15. The fourth-order valence-corrected chi connectivity index (χ4v) is 4.32. The minimum atomic E-state index is -0.732. The number of ether oxygens (including phenoxy) is 2. The Kier molecular flexibility index (Phi) is 3.30. The van der Waals surface area contributed by atoms with Crippen molar-refractivity contribution in [1.29, 1.82) is 0 Å². The van der Waals surface area contributed by atoms with Crippen LogP contribution in [-0.4, -0.2) is 35.5 Å². The Balaban J connectivity index is 2.05. The predicted octanol–water partition coefficient (Wildman–Crippen LogP) is 2.37. The lowest BCUT2D eigenvalue weighted by atomic mass is 9.57. The summed E-state index contributed by atoms with van der Waals surface area (Å²) in [6.07, 6.45) is 4.91. The summed E-state index contributed by atoms with van der Waals surface area (Å²) in [6.45, 7) is 9.72. The molecule has 0 unspecified atom stereocenters. The van der Waals surface area contributed by atoms with E-state index in [1.165, 1.54) is 18.9 Å². The maximum absolute atomic E-state index is 11.4. The summed E-state index contributed by atoms with van der Waals surface area (Å²) >= 11 is 0. The smallest absolute Gasteiger partial charge is 0.303 e. The Morgan fingerprint density at radius 3 is 2.95 bits per heavy atom. The van der Waals surface area contributed by atoms with Gasteiger partial charge in [-0.2, -0.15) is 0 Å². The molecule has 5 atom stereocenters. The highest BCUT2D eigenvalue weighted by Gasteiger charge is 2.74. The van der Waals surface area contributed by atoms with Gasteiger partial charge in [-0.25, -0.2) is 0 Å². The van der Waals surface area contributed by atoms with Crippen LogP contribution in [0.3, 0.4) is 0 Å². The molecule has 2 aliphatic carbocycles. The van der Waals surface area contributed by atoms with Crippen LogP contribution in [0.25, 0.3) is 0 Å². The van der Waals surface area contributed by atoms with Gasteiger partial charge in [-0.1, -0.05) is 26.0 Å². The van der Waals surface area contributed by atoms with Gasteiger partial charge in [0.15, 0.2) is 11.7 Å². The van der Waals surface area contributed by atoms with Gasteiger partial charge in [0.2, 0.25) is 0 Å². The molecule has 3 aliphatic rings. The average molecular weight is 292 g/mol. The molecule has 2 fully saturated rings. The monoisotopic (exact) mass is 292 g/mol. The number of carbonyl (C=O) groups excluding carboxylic acids is 1. The van der Waals surface area contributed by atoms with Crippen molar-refractivity contribution < 1.29 is 19.4 Å². The first-order valence-corrected chi connectivity index (χ1v) is 7.72. The molecule has 1 saturated carbocycles. The van der Waals surface area contributed by atoms with Crippen LogP contribution in [0.1, 0.15) is 40.0 Å². The molecule has 1 N–H and O–H groups in total. The molecule has 0 bridgehead atoms. The van der Waals surface area contributed by atoms with E-state index in [1.54, 1.807) is 0 Å². The van der Waals surface area contributed by atoms with Crippen molar-refractivity contribution in [2.45, 2.75) is 57.8 Å². The zero-order chi connectivity index (χ0) is 15.4. The van der Waals surface area contributed by atoms with Crippen LogP contribution in [0.4, 0.5) is 0 Å². The van der Waals surface area contributed by atoms with Crippen LogP contribution in [0, 0.1) is 11.3 Å². The third kappa shape index (κ3) is 1.85.